The van der Waals surface area contributed by atoms with E-state index in [2.05, 4.69) is 0 Å². The Balaban J connectivity index is 2.47. The maximum Gasteiger partial charge on any atom is 0.246 e. The van der Waals surface area contributed by atoms with Crippen LogP contribution in [-0.4, -0.2) is 47.8 Å². The summed E-state index contributed by atoms with van der Waals surface area (Å²) in [4.78, 5) is 26.7. The SMILES string of the molecule is CC/C(C)=C/C(=O)N1CCN(C(=O)CC#N)CC1. The first kappa shape index (κ1) is 14.2. The monoisotopic (exact) mass is 249 g/mol. The molecule has 5 nitrogen and oxygen atoms in total. The molecule has 1 saturated heterocycles. The Bertz CT molecular complexity index is 388. The van der Waals surface area contributed by atoms with Crippen LogP contribution in [-0.2, 0) is 9.59 Å². The topological polar surface area (TPSA) is 64.4 Å². The number of rotatable bonds is 3. The van der Waals surface area contributed by atoms with Gasteiger partial charge in [0.05, 0.1) is 6.07 Å². The van der Waals surface area contributed by atoms with Gasteiger partial charge in [0.1, 0.15) is 6.42 Å². The zero-order valence-corrected chi connectivity index (χ0v) is 11.0. The summed E-state index contributed by atoms with van der Waals surface area (Å²) in [6, 6.07) is 1.85. The molecule has 0 bridgehead atoms. The second kappa shape index (κ2) is 6.80. The van der Waals surface area contributed by atoms with Crippen LogP contribution in [0.2, 0.25) is 0 Å². The Labute approximate surface area is 108 Å². The van der Waals surface area contributed by atoms with E-state index in [0.29, 0.717) is 26.2 Å². The molecule has 0 saturated carbocycles. The largest absolute Gasteiger partial charge is 0.338 e. The summed E-state index contributed by atoms with van der Waals surface area (Å²) in [5.41, 5.74) is 1.06. The van der Waals surface area contributed by atoms with Crippen LogP contribution in [0.25, 0.3) is 0 Å². The van der Waals surface area contributed by atoms with Crippen LogP contribution in [0.15, 0.2) is 11.6 Å². The van der Waals surface area contributed by atoms with Crippen LogP contribution in [0.4, 0.5) is 0 Å². The molecule has 1 aliphatic rings. The van der Waals surface area contributed by atoms with Gasteiger partial charge in [-0.2, -0.15) is 5.26 Å². The van der Waals surface area contributed by atoms with Crippen molar-refractivity contribution in [3.63, 3.8) is 0 Å². The molecule has 1 aliphatic heterocycles. The third kappa shape index (κ3) is 3.88. The van der Waals surface area contributed by atoms with Gasteiger partial charge in [-0.1, -0.05) is 12.5 Å². The summed E-state index contributed by atoms with van der Waals surface area (Å²) in [5.74, 6) is -0.133. The van der Waals surface area contributed by atoms with Crippen LogP contribution in [0.3, 0.4) is 0 Å². The highest BCUT2D eigenvalue weighted by Crippen LogP contribution is 2.06. The Hall–Kier alpha value is -1.83. The van der Waals surface area contributed by atoms with Crippen molar-refractivity contribution in [2.24, 2.45) is 0 Å². The number of nitrogens with zero attached hydrogens (tertiary/aromatic N) is 3. The maximum absolute atomic E-state index is 11.9. The van der Waals surface area contributed by atoms with Crippen LogP contribution >= 0.6 is 0 Å². The number of amides is 2. The van der Waals surface area contributed by atoms with Gasteiger partial charge >= 0.3 is 0 Å². The maximum atomic E-state index is 11.9. The van der Waals surface area contributed by atoms with Crippen molar-refractivity contribution in [2.75, 3.05) is 26.2 Å². The molecule has 1 rings (SSSR count). The summed E-state index contributed by atoms with van der Waals surface area (Å²) >= 11 is 0. The van der Waals surface area contributed by atoms with E-state index in [1.165, 1.54) is 0 Å². The van der Waals surface area contributed by atoms with Gasteiger partial charge < -0.3 is 9.80 Å². The first-order chi connectivity index (χ1) is 8.58. The van der Waals surface area contributed by atoms with Gasteiger partial charge in [-0.3, -0.25) is 9.59 Å². The number of carbonyl (C=O) groups is 2. The van der Waals surface area contributed by atoms with Gasteiger partial charge in [0.2, 0.25) is 11.8 Å². The van der Waals surface area contributed by atoms with Crippen molar-refractivity contribution in [1.82, 2.24) is 9.80 Å². The van der Waals surface area contributed by atoms with Gasteiger partial charge in [-0.05, 0) is 13.3 Å². The molecule has 1 heterocycles. The molecule has 1 fully saturated rings. The molecular formula is C13H19N3O2. The van der Waals surface area contributed by atoms with Gasteiger partial charge in [-0.15, -0.1) is 0 Å². The number of allylic oxidation sites excluding steroid dienone is 1. The molecule has 0 aliphatic carbocycles. The lowest BCUT2D eigenvalue weighted by Gasteiger charge is -2.34. The van der Waals surface area contributed by atoms with Crippen molar-refractivity contribution in [3.8, 4) is 6.07 Å². The molecule has 0 atom stereocenters. The lowest BCUT2D eigenvalue weighted by molar-refractivity contribution is -0.136. The van der Waals surface area contributed by atoms with Crippen molar-refractivity contribution >= 4 is 11.8 Å². The standard InChI is InChI=1S/C13H19N3O2/c1-3-11(2)10-13(18)16-8-6-15(7-9-16)12(17)4-5-14/h10H,3-4,6-9H2,1-2H3/b11-10+. The molecule has 0 aromatic rings. The van der Waals surface area contributed by atoms with Gasteiger partial charge in [0.15, 0.2) is 0 Å². The van der Waals surface area contributed by atoms with Crippen LogP contribution in [0.1, 0.15) is 26.7 Å². The van der Waals surface area contributed by atoms with Crippen molar-refractivity contribution < 1.29 is 9.59 Å². The van der Waals surface area contributed by atoms with E-state index in [-0.39, 0.29) is 18.2 Å². The lowest BCUT2D eigenvalue weighted by Crippen LogP contribution is -2.50. The lowest BCUT2D eigenvalue weighted by atomic mass is 10.2. The van der Waals surface area contributed by atoms with Crippen molar-refractivity contribution in [1.29, 1.82) is 5.26 Å². The third-order valence-corrected chi connectivity index (χ3v) is 3.10. The number of hydrogen-bond donors (Lipinski definition) is 0. The van der Waals surface area contributed by atoms with E-state index in [1.54, 1.807) is 15.9 Å². The summed E-state index contributed by atoms with van der Waals surface area (Å²) in [5, 5.41) is 8.46. The Kier molecular flexibility index (Phi) is 5.37. The summed E-state index contributed by atoms with van der Waals surface area (Å²) in [6.07, 6.45) is 2.45. The van der Waals surface area contributed by atoms with E-state index < -0.39 is 0 Å². The number of nitriles is 1. The summed E-state index contributed by atoms with van der Waals surface area (Å²) in [7, 11) is 0. The van der Waals surface area contributed by atoms with Crippen LogP contribution in [0, 0.1) is 11.3 Å². The molecule has 0 unspecified atom stereocenters. The minimum atomic E-state index is -0.148. The average molecular weight is 249 g/mol. The van der Waals surface area contributed by atoms with Gasteiger partial charge in [-0.25, -0.2) is 0 Å². The highest BCUT2D eigenvalue weighted by Gasteiger charge is 2.22. The molecule has 5 heteroatoms. The van der Waals surface area contributed by atoms with Crippen LogP contribution in [0.5, 0.6) is 0 Å². The smallest absolute Gasteiger partial charge is 0.246 e. The normalized spacial score (nSPS) is 16.4. The second-order valence-corrected chi connectivity index (χ2v) is 4.39. The fourth-order valence-electron chi connectivity index (χ4n) is 1.76. The zero-order chi connectivity index (χ0) is 13.5. The van der Waals surface area contributed by atoms with Crippen LogP contribution < -0.4 is 0 Å². The van der Waals surface area contributed by atoms with Gasteiger partial charge in [0.25, 0.3) is 0 Å². The Morgan fingerprint density at radius 3 is 2.28 bits per heavy atom. The molecular weight excluding hydrogens is 230 g/mol. The van der Waals surface area contributed by atoms with Crippen molar-refractivity contribution in [2.45, 2.75) is 26.7 Å². The number of piperazine rings is 1. The zero-order valence-electron chi connectivity index (χ0n) is 11.0. The Morgan fingerprint density at radius 1 is 1.22 bits per heavy atom. The van der Waals surface area contributed by atoms with E-state index in [9.17, 15) is 9.59 Å². The van der Waals surface area contributed by atoms with E-state index in [0.717, 1.165) is 12.0 Å². The molecule has 18 heavy (non-hydrogen) atoms. The molecule has 0 spiro atoms. The molecule has 0 aromatic heterocycles. The summed E-state index contributed by atoms with van der Waals surface area (Å²) in [6.45, 7) is 6.08. The summed E-state index contributed by atoms with van der Waals surface area (Å²) < 4.78 is 0. The highest BCUT2D eigenvalue weighted by atomic mass is 16.2. The first-order valence-electron chi connectivity index (χ1n) is 6.19. The molecule has 0 N–H and O–H groups in total. The second-order valence-electron chi connectivity index (χ2n) is 4.39. The van der Waals surface area contributed by atoms with Crippen molar-refractivity contribution in [3.05, 3.63) is 11.6 Å². The predicted molar refractivity (Wildman–Crippen MR) is 67.4 cm³/mol. The quantitative estimate of drug-likeness (QED) is 0.699. The Morgan fingerprint density at radius 2 is 1.78 bits per heavy atom. The molecule has 0 radical (unpaired) electrons. The number of hydrogen-bond acceptors (Lipinski definition) is 3. The molecule has 0 aromatic carbocycles. The third-order valence-electron chi connectivity index (χ3n) is 3.10. The minimum absolute atomic E-state index is 0.0155. The fourth-order valence-corrected chi connectivity index (χ4v) is 1.76. The first-order valence-corrected chi connectivity index (χ1v) is 6.19. The highest BCUT2D eigenvalue weighted by molar-refractivity contribution is 5.88. The average Bonchev–Trinajstić information content (AvgIpc) is 2.39. The van der Waals surface area contributed by atoms with E-state index in [1.807, 2.05) is 19.9 Å². The fraction of sp³-hybridized carbons (Fsp3) is 0.615. The minimum Gasteiger partial charge on any atom is -0.338 e. The number of carbonyl (C=O) groups excluding carboxylic acids is 2. The van der Waals surface area contributed by atoms with Gasteiger partial charge in [0, 0.05) is 32.3 Å². The molecule has 2 amide bonds. The predicted octanol–water partition coefficient (Wildman–Crippen LogP) is 0.927. The van der Waals surface area contributed by atoms with E-state index in [4.69, 9.17) is 5.26 Å². The van der Waals surface area contributed by atoms with E-state index >= 15 is 0 Å². The molecule has 98 valence electrons.